The molecule has 2 fully saturated rings. The van der Waals surface area contributed by atoms with Gasteiger partial charge in [-0.2, -0.15) is 0 Å². The summed E-state index contributed by atoms with van der Waals surface area (Å²) in [5.74, 6) is 1.14. The van der Waals surface area contributed by atoms with Gasteiger partial charge in [0.25, 0.3) is 0 Å². The number of anilines is 1. The average molecular weight is 217 g/mol. The minimum Gasteiger partial charge on any atom is -0.352 e. The molecule has 86 valence electrons. The second-order valence-corrected chi connectivity index (χ2v) is 4.86. The van der Waals surface area contributed by atoms with Crippen LogP contribution in [-0.2, 0) is 0 Å². The number of nitrogens with one attached hydrogen (secondary N) is 1. The summed E-state index contributed by atoms with van der Waals surface area (Å²) in [7, 11) is 0. The van der Waals surface area contributed by atoms with Crippen LogP contribution >= 0.6 is 0 Å². The fraction of sp³-hybridized carbons (Fsp3) is 0.615. The topological polar surface area (TPSA) is 28.2 Å². The fourth-order valence-corrected chi connectivity index (χ4v) is 2.46. The van der Waals surface area contributed by atoms with Gasteiger partial charge in [0.15, 0.2) is 0 Å². The first-order valence-electron chi connectivity index (χ1n) is 6.34. The zero-order valence-corrected chi connectivity index (χ0v) is 9.60. The Kier molecular flexibility index (Phi) is 2.79. The summed E-state index contributed by atoms with van der Waals surface area (Å²) in [4.78, 5) is 6.91. The molecule has 0 amide bonds. The van der Waals surface area contributed by atoms with E-state index in [1.807, 2.05) is 12.3 Å². The van der Waals surface area contributed by atoms with Gasteiger partial charge in [-0.1, -0.05) is 6.07 Å². The van der Waals surface area contributed by atoms with Gasteiger partial charge < -0.3 is 10.2 Å². The van der Waals surface area contributed by atoms with Crippen molar-refractivity contribution in [3.8, 4) is 0 Å². The highest BCUT2D eigenvalue weighted by molar-refractivity contribution is 5.40. The maximum absolute atomic E-state index is 4.45. The van der Waals surface area contributed by atoms with Crippen LogP contribution in [0.5, 0.6) is 0 Å². The lowest BCUT2D eigenvalue weighted by Gasteiger charge is -2.25. The molecule has 2 aliphatic rings. The molecule has 0 radical (unpaired) electrons. The SMILES string of the molecule is c1ccc(N2CCCC2CNC2CC2)nc1. The van der Waals surface area contributed by atoms with Crippen molar-refractivity contribution in [2.75, 3.05) is 18.0 Å². The first-order chi connectivity index (χ1) is 7.93. The Morgan fingerprint density at radius 2 is 2.25 bits per heavy atom. The van der Waals surface area contributed by atoms with Crippen molar-refractivity contribution in [2.24, 2.45) is 0 Å². The van der Waals surface area contributed by atoms with Crippen LogP contribution in [0.3, 0.4) is 0 Å². The van der Waals surface area contributed by atoms with Crippen LogP contribution < -0.4 is 10.2 Å². The van der Waals surface area contributed by atoms with Crippen LogP contribution in [0.1, 0.15) is 25.7 Å². The molecule has 1 aromatic rings. The molecule has 0 aromatic carbocycles. The number of hydrogen-bond donors (Lipinski definition) is 1. The van der Waals surface area contributed by atoms with E-state index in [0.717, 1.165) is 24.9 Å². The molecule has 2 heterocycles. The van der Waals surface area contributed by atoms with Gasteiger partial charge in [0.05, 0.1) is 0 Å². The van der Waals surface area contributed by atoms with Crippen molar-refractivity contribution in [3.63, 3.8) is 0 Å². The molecule has 1 unspecified atom stereocenters. The van der Waals surface area contributed by atoms with Gasteiger partial charge in [0.2, 0.25) is 0 Å². The number of hydrogen-bond acceptors (Lipinski definition) is 3. The first kappa shape index (κ1) is 10.1. The molecule has 1 N–H and O–H groups in total. The molecule has 0 spiro atoms. The van der Waals surface area contributed by atoms with Crippen LogP contribution in [-0.4, -0.2) is 30.2 Å². The highest BCUT2D eigenvalue weighted by atomic mass is 15.2. The molecule has 3 heteroatoms. The Labute approximate surface area is 96.9 Å². The summed E-state index contributed by atoms with van der Waals surface area (Å²) in [5.41, 5.74) is 0. The highest BCUT2D eigenvalue weighted by Gasteiger charge is 2.28. The van der Waals surface area contributed by atoms with E-state index in [4.69, 9.17) is 0 Å². The molecule has 1 saturated heterocycles. The van der Waals surface area contributed by atoms with E-state index >= 15 is 0 Å². The van der Waals surface area contributed by atoms with E-state index < -0.39 is 0 Å². The van der Waals surface area contributed by atoms with Crippen molar-refractivity contribution in [3.05, 3.63) is 24.4 Å². The van der Waals surface area contributed by atoms with Gasteiger partial charge in [0, 0.05) is 31.4 Å². The molecule has 0 bridgehead atoms. The molecule has 1 aliphatic heterocycles. The average Bonchev–Trinajstić information content (AvgIpc) is 3.05. The lowest BCUT2D eigenvalue weighted by Crippen LogP contribution is -2.39. The third kappa shape index (κ3) is 2.19. The number of rotatable bonds is 4. The standard InChI is InChI=1S/C13H19N3/c1-2-8-14-13(5-1)16-9-3-4-12(16)10-15-11-6-7-11/h1-2,5,8,11-12,15H,3-4,6-7,9-10H2. The number of nitrogens with zero attached hydrogens (tertiary/aromatic N) is 2. The van der Waals surface area contributed by atoms with Crippen molar-refractivity contribution in [1.29, 1.82) is 0 Å². The predicted molar refractivity (Wildman–Crippen MR) is 65.6 cm³/mol. The lowest BCUT2D eigenvalue weighted by molar-refractivity contribution is 0.568. The molecule has 1 atom stereocenters. The minimum absolute atomic E-state index is 0.649. The molecule has 1 aromatic heterocycles. The minimum atomic E-state index is 0.649. The van der Waals surface area contributed by atoms with Crippen LogP contribution in [0, 0.1) is 0 Å². The Morgan fingerprint density at radius 3 is 3.00 bits per heavy atom. The van der Waals surface area contributed by atoms with E-state index in [1.165, 1.54) is 25.7 Å². The van der Waals surface area contributed by atoms with E-state index in [2.05, 4.69) is 27.3 Å². The van der Waals surface area contributed by atoms with Gasteiger partial charge in [0.1, 0.15) is 5.82 Å². The van der Waals surface area contributed by atoms with Gasteiger partial charge in [-0.05, 0) is 37.8 Å². The fourth-order valence-electron chi connectivity index (χ4n) is 2.46. The van der Waals surface area contributed by atoms with E-state index in [-0.39, 0.29) is 0 Å². The quantitative estimate of drug-likeness (QED) is 0.833. The Morgan fingerprint density at radius 1 is 1.31 bits per heavy atom. The Hall–Kier alpha value is -1.09. The van der Waals surface area contributed by atoms with E-state index in [1.54, 1.807) is 0 Å². The Bertz CT molecular complexity index is 334. The van der Waals surface area contributed by atoms with E-state index in [0.29, 0.717) is 6.04 Å². The zero-order valence-electron chi connectivity index (χ0n) is 9.60. The van der Waals surface area contributed by atoms with Gasteiger partial charge in [-0.3, -0.25) is 0 Å². The first-order valence-corrected chi connectivity index (χ1v) is 6.34. The summed E-state index contributed by atoms with van der Waals surface area (Å²) < 4.78 is 0. The third-order valence-corrected chi connectivity index (χ3v) is 3.54. The maximum atomic E-state index is 4.45. The predicted octanol–water partition coefficient (Wildman–Crippen LogP) is 1.80. The van der Waals surface area contributed by atoms with E-state index in [9.17, 15) is 0 Å². The smallest absolute Gasteiger partial charge is 0.128 e. The van der Waals surface area contributed by atoms with Crippen LogP contribution in [0.25, 0.3) is 0 Å². The molecule has 1 saturated carbocycles. The molecule has 1 aliphatic carbocycles. The maximum Gasteiger partial charge on any atom is 0.128 e. The number of aromatic nitrogens is 1. The second-order valence-electron chi connectivity index (χ2n) is 4.86. The summed E-state index contributed by atoms with van der Waals surface area (Å²) in [6.07, 6.45) is 7.23. The lowest BCUT2D eigenvalue weighted by atomic mass is 10.2. The third-order valence-electron chi connectivity index (χ3n) is 3.54. The van der Waals surface area contributed by atoms with Crippen LogP contribution in [0.15, 0.2) is 24.4 Å². The molecular formula is C13H19N3. The zero-order chi connectivity index (χ0) is 10.8. The molecule has 16 heavy (non-hydrogen) atoms. The van der Waals surface area contributed by atoms with Gasteiger partial charge in [-0.15, -0.1) is 0 Å². The van der Waals surface area contributed by atoms with Crippen LogP contribution in [0.2, 0.25) is 0 Å². The van der Waals surface area contributed by atoms with Crippen molar-refractivity contribution >= 4 is 5.82 Å². The van der Waals surface area contributed by atoms with Crippen LogP contribution in [0.4, 0.5) is 5.82 Å². The van der Waals surface area contributed by atoms with Gasteiger partial charge in [-0.25, -0.2) is 4.98 Å². The Balaban J connectivity index is 1.63. The normalized spacial score (nSPS) is 25.0. The largest absolute Gasteiger partial charge is 0.352 e. The monoisotopic (exact) mass is 217 g/mol. The van der Waals surface area contributed by atoms with Crippen molar-refractivity contribution < 1.29 is 0 Å². The molecule has 3 rings (SSSR count). The summed E-state index contributed by atoms with van der Waals surface area (Å²) in [5, 5.41) is 3.63. The highest BCUT2D eigenvalue weighted by Crippen LogP contribution is 2.24. The van der Waals surface area contributed by atoms with Crippen molar-refractivity contribution in [1.82, 2.24) is 10.3 Å². The summed E-state index contributed by atoms with van der Waals surface area (Å²) in [6, 6.07) is 7.64. The molecule has 3 nitrogen and oxygen atoms in total. The second kappa shape index (κ2) is 4.42. The summed E-state index contributed by atoms with van der Waals surface area (Å²) in [6.45, 7) is 2.29. The van der Waals surface area contributed by atoms with Crippen molar-refractivity contribution in [2.45, 2.75) is 37.8 Å². The summed E-state index contributed by atoms with van der Waals surface area (Å²) >= 11 is 0. The molecular weight excluding hydrogens is 198 g/mol. The van der Waals surface area contributed by atoms with Gasteiger partial charge >= 0.3 is 0 Å². The number of pyridine rings is 1.